The zero-order valence-electron chi connectivity index (χ0n) is 11.5. The predicted molar refractivity (Wildman–Crippen MR) is 73.8 cm³/mol. The Morgan fingerprint density at radius 2 is 2.11 bits per heavy atom. The molecule has 0 aliphatic carbocycles. The molecule has 0 aromatic heterocycles. The molecule has 0 bridgehead atoms. The summed E-state index contributed by atoms with van der Waals surface area (Å²) >= 11 is 0. The van der Waals surface area contributed by atoms with E-state index in [0.717, 1.165) is 19.3 Å². The van der Waals surface area contributed by atoms with Crippen molar-refractivity contribution >= 4 is 5.91 Å². The summed E-state index contributed by atoms with van der Waals surface area (Å²) in [5.74, 6) is 0.475. The van der Waals surface area contributed by atoms with Gasteiger partial charge in [-0.2, -0.15) is 5.26 Å². The van der Waals surface area contributed by atoms with Gasteiger partial charge in [0.05, 0.1) is 11.6 Å². The number of nitriles is 1. The summed E-state index contributed by atoms with van der Waals surface area (Å²) in [4.78, 5) is 11.6. The summed E-state index contributed by atoms with van der Waals surface area (Å²) in [6.07, 6.45) is 3.22. The van der Waals surface area contributed by atoms with Crippen LogP contribution >= 0.6 is 0 Å². The minimum Gasteiger partial charge on any atom is -0.484 e. The molecule has 1 aromatic rings. The minimum atomic E-state index is -0.118. The highest BCUT2D eigenvalue weighted by Gasteiger charge is 2.07. The van der Waals surface area contributed by atoms with Crippen molar-refractivity contribution in [3.63, 3.8) is 0 Å². The number of unbranched alkanes of at least 4 members (excludes halogenated alkanes) is 1. The van der Waals surface area contributed by atoms with Crippen LogP contribution in [0.2, 0.25) is 0 Å². The van der Waals surface area contributed by atoms with Gasteiger partial charge in [-0.05, 0) is 37.6 Å². The van der Waals surface area contributed by atoms with Crippen molar-refractivity contribution in [3.8, 4) is 11.8 Å². The zero-order valence-corrected chi connectivity index (χ0v) is 11.5. The fraction of sp³-hybridized carbons (Fsp3) is 0.467. The number of hydrogen-bond acceptors (Lipinski definition) is 3. The molecule has 0 saturated heterocycles. The van der Waals surface area contributed by atoms with Crippen molar-refractivity contribution < 1.29 is 9.53 Å². The van der Waals surface area contributed by atoms with E-state index in [1.165, 1.54) is 0 Å². The first-order valence-corrected chi connectivity index (χ1v) is 6.58. The van der Waals surface area contributed by atoms with Gasteiger partial charge in [-0.15, -0.1) is 0 Å². The van der Waals surface area contributed by atoms with Gasteiger partial charge in [0.15, 0.2) is 6.61 Å². The lowest BCUT2D eigenvalue weighted by Gasteiger charge is -2.13. The first-order chi connectivity index (χ1) is 9.15. The van der Waals surface area contributed by atoms with Gasteiger partial charge in [0.1, 0.15) is 5.75 Å². The molecular weight excluding hydrogens is 240 g/mol. The highest BCUT2D eigenvalue weighted by molar-refractivity contribution is 5.77. The molecule has 1 unspecified atom stereocenters. The minimum absolute atomic E-state index is 0.00235. The third kappa shape index (κ3) is 5.91. The normalized spacial score (nSPS) is 11.4. The number of ether oxygens (including phenoxy) is 1. The summed E-state index contributed by atoms with van der Waals surface area (Å²) in [6.45, 7) is 4.13. The van der Waals surface area contributed by atoms with E-state index in [1.54, 1.807) is 24.3 Å². The average molecular weight is 260 g/mol. The van der Waals surface area contributed by atoms with E-state index in [-0.39, 0.29) is 18.6 Å². The molecule has 1 aromatic carbocycles. The van der Waals surface area contributed by atoms with Crippen LogP contribution in [-0.4, -0.2) is 18.6 Å². The molecule has 0 radical (unpaired) electrons. The monoisotopic (exact) mass is 260 g/mol. The van der Waals surface area contributed by atoms with E-state index in [4.69, 9.17) is 10.00 Å². The van der Waals surface area contributed by atoms with Crippen molar-refractivity contribution in [2.24, 2.45) is 0 Å². The maximum atomic E-state index is 11.6. The molecular formula is C15H20N2O2. The third-order valence-corrected chi connectivity index (χ3v) is 2.75. The Bertz CT molecular complexity index is 434. The van der Waals surface area contributed by atoms with E-state index in [2.05, 4.69) is 12.2 Å². The molecule has 1 rings (SSSR count). The van der Waals surface area contributed by atoms with Crippen LogP contribution < -0.4 is 10.1 Å². The summed E-state index contributed by atoms with van der Waals surface area (Å²) in [7, 11) is 0. The van der Waals surface area contributed by atoms with Crippen LogP contribution in [0.25, 0.3) is 0 Å². The fourth-order valence-corrected chi connectivity index (χ4v) is 1.67. The van der Waals surface area contributed by atoms with Gasteiger partial charge in [0.2, 0.25) is 0 Å². The Kier molecular flexibility index (Phi) is 6.45. The average Bonchev–Trinajstić information content (AvgIpc) is 2.43. The van der Waals surface area contributed by atoms with E-state index in [9.17, 15) is 4.79 Å². The Balaban J connectivity index is 2.31. The lowest BCUT2D eigenvalue weighted by molar-refractivity contribution is -0.123. The highest BCUT2D eigenvalue weighted by Crippen LogP contribution is 2.11. The summed E-state index contributed by atoms with van der Waals surface area (Å²) in [5, 5.41) is 11.6. The second kappa shape index (κ2) is 8.15. The molecule has 102 valence electrons. The second-order valence-electron chi connectivity index (χ2n) is 4.54. The molecule has 0 fully saturated rings. The molecule has 0 spiro atoms. The highest BCUT2D eigenvalue weighted by atomic mass is 16.5. The number of carbonyl (C=O) groups is 1. The largest absolute Gasteiger partial charge is 0.484 e. The van der Waals surface area contributed by atoms with E-state index < -0.39 is 0 Å². The number of nitrogens with one attached hydrogen (secondary N) is 1. The maximum Gasteiger partial charge on any atom is 0.258 e. The molecule has 4 nitrogen and oxygen atoms in total. The van der Waals surface area contributed by atoms with E-state index in [0.29, 0.717) is 11.3 Å². The predicted octanol–water partition coefficient (Wildman–Crippen LogP) is 2.63. The summed E-state index contributed by atoms with van der Waals surface area (Å²) < 4.78 is 5.35. The van der Waals surface area contributed by atoms with Crippen LogP contribution in [0.5, 0.6) is 5.75 Å². The summed E-state index contributed by atoms with van der Waals surface area (Å²) in [6, 6.07) is 8.91. The molecule has 4 heteroatoms. The molecule has 0 aliphatic rings. The van der Waals surface area contributed by atoms with Crippen molar-refractivity contribution in [3.05, 3.63) is 29.8 Å². The summed E-state index contributed by atoms with van der Waals surface area (Å²) in [5.41, 5.74) is 0.574. The fourth-order valence-electron chi connectivity index (χ4n) is 1.67. The topological polar surface area (TPSA) is 62.1 Å². The van der Waals surface area contributed by atoms with Crippen molar-refractivity contribution in [2.75, 3.05) is 6.61 Å². The molecule has 19 heavy (non-hydrogen) atoms. The molecule has 1 N–H and O–H groups in total. The standard InChI is InChI=1S/C15H20N2O2/c1-3-4-5-12(2)17-15(18)11-19-14-8-6-13(10-16)7-9-14/h6-9,12H,3-5,11H2,1-2H3,(H,17,18). The molecule has 1 amide bonds. The Hall–Kier alpha value is -2.02. The van der Waals surface area contributed by atoms with Crippen LogP contribution in [0.3, 0.4) is 0 Å². The molecule has 1 atom stereocenters. The SMILES string of the molecule is CCCCC(C)NC(=O)COc1ccc(C#N)cc1. The van der Waals surface area contributed by atoms with Crippen LogP contribution in [0, 0.1) is 11.3 Å². The van der Waals surface area contributed by atoms with Crippen molar-refractivity contribution in [1.29, 1.82) is 5.26 Å². The third-order valence-electron chi connectivity index (χ3n) is 2.75. The number of rotatable bonds is 7. The number of nitrogens with zero attached hydrogens (tertiary/aromatic N) is 1. The van der Waals surface area contributed by atoms with Gasteiger partial charge >= 0.3 is 0 Å². The van der Waals surface area contributed by atoms with Gasteiger partial charge in [0, 0.05) is 6.04 Å². The van der Waals surface area contributed by atoms with Crippen molar-refractivity contribution in [1.82, 2.24) is 5.32 Å². The zero-order chi connectivity index (χ0) is 14.1. The van der Waals surface area contributed by atoms with Gasteiger partial charge in [0.25, 0.3) is 5.91 Å². The quantitative estimate of drug-likeness (QED) is 0.819. The lowest BCUT2D eigenvalue weighted by atomic mass is 10.1. The molecule has 0 saturated carbocycles. The Labute approximate surface area is 114 Å². The van der Waals surface area contributed by atoms with Crippen LogP contribution in [0.4, 0.5) is 0 Å². The second-order valence-corrected chi connectivity index (χ2v) is 4.54. The van der Waals surface area contributed by atoms with E-state index in [1.807, 2.05) is 13.0 Å². The number of carbonyl (C=O) groups excluding carboxylic acids is 1. The van der Waals surface area contributed by atoms with Gasteiger partial charge in [-0.25, -0.2) is 0 Å². The Morgan fingerprint density at radius 3 is 2.68 bits per heavy atom. The van der Waals surface area contributed by atoms with Gasteiger partial charge in [-0.3, -0.25) is 4.79 Å². The smallest absolute Gasteiger partial charge is 0.258 e. The first-order valence-electron chi connectivity index (χ1n) is 6.58. The number of benzene rings is 1. The molecule has 0 aliphatic heterocycles. The van der Waals surface area contributed by atoms with Crippen molar-refractivity contribution in [2.45, 2.75) is 39.2 Å². The van der Waals surface area contributed by atoms with Crippen LogP contribution in [0.1, 0.15) is 38.7 Å². The number of hydrogen-bond donors (Lipinski definition) is 1. The van der Waals surface area contributed by atoms with Crippen LogP contribution in [-0.2, 0) is 4.79 Å². The molecule has 0 heterocycles. The maximum absolute atomic E-state index is 11.6. The lowest BCUT2D eigenvalue weighted by Crippen LogP contribution is -2.36. The van der Waals surface area contributed by atoms with E-state index >= 15 is 0 Å². The van der Waals surface area contributed by atoms with Gasteiger partial charge < -0.3 is 10.1 Å². The Morgan fingerprint density at radius 1 is 1.42 bits per heavy atom. The van der Waals surface area contributed by atoms with Crippen LogP contribution in [0.15, 0.2) is 24.3 Å². The number of amides is 1. The first kappa shape index (κ1) is 15.0. The van der Waals surface area contributed by atoms with Gasteiger partial charge in [-0.1, -0.05) is 19.8 Å².